The van der Waals surface area contributed by atoms with E-state index in [1.165, 1.54) is 12.8 Å². The van der Waals surface area contributed by atoms with Crippen LogP contribution in [0, 0.1) is 5.41 Å². The van der Waals surface area contributed by atoms with Gasteiger partial charge < -0.3 is 11.1 Å². The first kappa shape index (κ1) is 11.9. The lowest BCUT2D eigenvalue weighted by molar-refractivity contribution is -0.122. The molecule has 3 N–H and O–H groups in total. The topological polar surface area (TPSA) is 58.4 Å². The van der Waals surface area contributed by atoms with Crippen LogP contribution in [-0.2, 0) is 4.79 Å². The second-order valence-electron chi connectivity index (χ2n) is 5.70. The lowest BCUT2D eigenvalue weighted by Crippen LogP contribution is -2.45. The van der Waals surface area contributed by atoms with Crippen LogP contribution in [0.15, 0.2) is 0 Å². The molecule has 4 heteroatoms. The summed E-state index contributed by atoms with van der Waals surface area (Å²) in [5.41, 5.74) is 6.23. The molecule has 92 valence electrons. The first-order chi connectivity index (χ1) is 7.57. The number of carbonyl (C=O) groups is 1. The number of nitrogens with two attached hydrogens (primary N) is 1. The normalized spacial score (nSPS) is 25.4. The highest BCUT2D eigenvalue weighted by molar-refractivity contribution is 5.78. The van der Waals surface area contributed by atoms with Crippen molar-refractivity contribution in [3.63, 3.8) is 0 Å². The Morgan fingerprint density at radius 2 is 2.06 bits per heavy atom. The van der Waals surface area contributed by atoms with E-state index in [1.54, 1.807) is 0 Å². The summed E-state index contributed by atoms with van der Waals surface area (Å²) in [7, 11) is 0. The number of nitrogens with one attached hydrogen (secondary N) is 1. The number of hydrogen-bond donors (Lipinski definition) is 2. The van der Waals surface area contributed by atoms with Crippen LogP contribution in [0.2, 0.25) is 0 Å². The molecule has 1 heterocycles. The van der Waals surface area contributed by atoms with Crippen LogP contribution in [0.3, 0.4) is 0 Å². The highest BCUT2D eigenvalue weighted by Gasteiger charge is 2.37. The zero-order valence-corrected chi connectivity index (χ0v) is 10.2. The summed E-state index contributed by atoms with van der Waals surface area (Å²) >= 11 is 0. The lowest BCUT2D eigenvalue weighted by atomic mass is 10.1. The Morgan fingerprint density at radius 1 is 1.44 bits per heavy atom. The minimum absolute atomic E-state index is 0.170. The van der Waals surface area contributed by atoms with Crippen molar-refractivity contribution in [3.05, 3.63) is 0 Å². The number of nitrogens with zero attached hydrogens (tertiary/aromatic N) is 1. The van der Waals surface area contributed by atoms with E-state index < -0.39 is 0 Å². The van der Waals surface area contributed by atoms with E-state index in [-0.39, 0.29) is 5.91 Å². The van der Waals surface area contributed by atoms with Gasteiger partial charge in [-0.15, -0.1) is 0 Å². The van der Waals surface area contributed by atoms with Gasteiger partial charge in [0.15, 0.2) is 0 Å². The molecule has 0 aromatic carbocycles. The van der Waals surface area contributed by atoms with Gasteiger partial charge in [0, 0.05) is 25.7 Å². The molecule has 0 atom stereocenters. The highest BCUT2D eigenvalue weighted by atomic mass is 16.2. The van der Waals surface area contributed by atoms with E-state index in [4.69, 9.17) is 5.73 Å². The van der Waals surface area contributed by atoms with E-state index in [9.17, 15) is 4.79 Å². The van der Waals surface area contributed by atoms with Crippen LogP contribution >= 0.6 is 0 Å². The fraction of sp³-hybridized carbons (Fsp3) is 0.917. The summed E-state index contributed by atoms with van der Waals surface area (Å²) in [5.74, 6) is 0.170. The molecule has 16 heavy (non-hydrogen) atoms. The minimum atomic E-state index is 0.170. The molecular weight excluding hydrogens is 202 g/mol. The Bertz CT molecular complexity index is 255. The van der Waals surface area contributed by atoms with Gasteiger partial charge in [-0.1, -0.05) is 6.92 Å². The molecule has 1 saturated carbocycles. The van der Waals surface area contributed by atoms with E-state index in [0.29, 0.717) is 18.0 Å². The molecule has 1 saturated heterocycles. The van der Waals surface area contributed by atoms with Crippen LogP contribution in [0.25, 0.3) is 0 Å². The Kier molecular flexibility index (Phi) is 3.50. The Morgan fingerprint density at radius 3 is 2.62 bits per heavy atom. The molecule has 2 aliphatic rings. The van der Waals surface area contributed by atoms with Crippen molar-refractivity contribution >= 4 is 5.91 Å². The Hall–Kier alpha value is -0.610. The number of hydrogen-bond acceptors (Lipinski definition) is 3. The van der Waals surface area contributed by atoms with Crippen LogP contribution in [0.5, 0.6) is 0 Å². The summed E-state index contributed by atoms with van der Waals surface area (Å²) in [4.78, 5) is 13.9. The number of carbonyl (C=O) groups excluding carboxylic acids is 1. The highest BCUT2D eigenvalue weighted by Crippen LogP contribution is 2.43. The molecule has 1 aliphatic heterocycles. The third-order valence-electron chi connectivity index (χ3n) is 3.82. The van der Waals surface area contributed by atoms with Gasteiger partial charge in [0.1, 0.15) is 0 Å². The summed E-state index contributed by atoms with van der Waals surface area (Å²) in [5, 5.41) is 3.03. The minimum Gasteiger partial charge on any atom is -0.354 e. The van der Waals surface area contributed by atoms with Crippen molar-refractivity contribution in [1.82, 2.24) is 10.2 Å². The maximum Gasteiger partial charge on any atom is 0.234 e. The molecule has 0 spiro atoms. The van der Waals surface area contributed by atoms with Gasteiger partial charge in [0.2, 0.25) is 5.91 Å². The molecule has 0 radical (unpaired) electrons. The van der Waals surface area contributed by atoms with Crippen LogP contribution in [0.1, 0.15) is 32.6 Å². The van der Waals surface area contributed by atoms with Crippen molar-refractivity contribution in [3.8, 4) is 0 Å². The smallest absolute Gasteiger partial charge is 0.234 e. The third-order valence-corrected chi connectivity index (χ3v) is 3.82. The molecular formula is C12H23N3O. The summed E-state index contributed by atoms with van der Waals surface area (Å²) in [6.07, 6.45) is 4.55. The van der Waals surface area contributed by atoms with Crippen molar-refractivity contribution in [2.24, 2.45) is 11.1 Å². The molecule has 0 aromatic rings. The first-order valence-electron chi connectivity index (χ1n) is 6.32. The fourth-order valence-corrected chi connectivity index (χ4v) is 2.07. The molecule has 2 fully saturated rings. The zero-order chi connectivity index (χ0) is 11.6. The van der Waals surface area contributed by atoms with Gasteiger partial charge in [-0.2, -0.15) is 0 Å². The zero-order valence-electron chi connectivity index (χ0n) is 10.2. The fourth-order valence-electron chi connectivity index (χ4n) is 2.07. The lowest BCUT2D eigenvalue weighted by Gasteiger charge is -2.29. The predicted molar refractivity (Wildman–Crippen MR) is 64.0 cm³/mol. The van der Waals surface area contributed by atoms with Gasteiger partial charge in [-0.25, -0.2) is 0 Å². The van der Waals surface area contributed by atoms with Gasteiger partial charge in [0.05, 0.1) is 6.54 Å². The monoisotopic (exact) mass is 225 g/mol. The number of piperidine rings is 1. The van der Waals surface area contributed by atoms with Gasteiger partial charge >= 0.3 is 0 Å². The quantitative estimate of drug-likeness (QED) is 0.725. The summed E-state index contributed by atoms with van der Waals surface area (Å²) < 4.78 is 0. The van der Waals surface area contributed by atoms with Gasteiger partial charge in [-0.3, -0.25) is 9.69 Å². The molecule has 4 nitrogen and oxygen atoms in total. The number of rotatable bonds is 4. The van der Waals surface area contributed by atoms with E-state index in [2.05, 4.69) is 17.1 Å². The van der Waals surface area contributed by atoms with E-state index in [1.807, 2.05) is 0 Å². The molecule has 2 rings (SSSR count). The largest absolute Gasteiger partial charge is 0.354 e. The van der Waals surface area contributed by atoms with Gasteiger partial charge in [0.25, 0.3) is 0 Å². The molecule has 0 bridgehead atoms. The van der Waals surface area contributed by atoms with E-state index >= 15 is 0 Å². The molecule has 1 aliphatic carbocycles. The molecule has 0 aromatic heterocycles. The van der Waals surface area contributed by atoms with Crippen LogP contribution < -0.4 is 11.1 Å². The van der Waals surface area contributed by atoms with Crippen molar-refractivity contribution < 1.29 is 4.79 Å². The third kappa shape index (κ3) is 3.46. The first-order valence-corrected chi connectivity index (χ1v) is 6.32. The summed E-state index contributed by atoms with van der Waals surface area (Å²) in [6.45, 7) is 5.55. The standard InChI is InChI=1S/C12H23N3O/c1-12(4-5-12)9-14-11(16)8-15-6-2-10(13)3-7-15/h10H,2-9,13H2,1H3,(H,14,16). The Labute approximate surface area is 97.6 Å². The maximum atomic E-state index is 11.7. The van der Waals surface area contributed by atoms with Crippen molar-refractivity contribution in [2.75, 3.05) is 26.2 Å². The van der Waals surface area contributed by atoms with Crippen molar-refractivity contribution in [1.29, 1.82) is 0 Å². The SMILES string of the molecule is CC1(CNC(=O)CN2CCC(N)CC2)CC1. The maximum absolute atomic E-state index is 11.7. The van der Waals surface area contributed by atoms with Crippen LogP contribution in [-0.4, -0.2) is 43.0 Å². The second-order valence-corrected chi connectivity index (χ2v) is 5.70. The van der Waals surface area contributed by atoms with E-state index in [0.717, 1.165) is 32.5 Å². The second kappa shape index (κ2) is 4.72. The van der Waals surface area contributed by atoms with Crippen molar-refractivity contribution in [2.45, 2.75) is 38.6 Å². The average molecular weight is 225 g/mol. The predicted octanol–water partition coefficient (Wildman–Crippen LogP) is 0.326. The number of likely N-dealkylation sites (tertiary alicyclic amines) is 1. The summed E-state index contributed by atoms with van der Waals surface area (Å²) in [6, 6.07) is 0.338. The van der Waals surface area contributed by atoms with Crippen LogP contribution in [0.4, 0.5) is 0 Å². The average Bonchev–Trinajstić information content (AvgIpc) is 2.98. The van der Waals surface area contributed by atoms with Gasteiger partial charge in [-0.05, 0) is 31.1 Å². The number of amides is 1. The molecule has 0 unspecified atom stereocenters. The molecule has 1 amide bonds. The Balaban J connectivity index is 1.63.